The van der Waals surface area contributed by atoms with Crippen LogP contribution in [0.15, 0.2) is 29.4 Å². The topological polar surface area (TPSA) is 55.5 Å². The third-order valence-corrected chi connectivity index (χ3v) is 5.65. The van der Waals surface area contributed by atoms with E-state index in [0.29, 0.717) is 5.92 Å². The van der Waals surface area contributed by atoms with Gasteiger partial charge in [-0.1, -0.05) is 0 Å². The number of nitrogens with one attached hydrogen (secondary N) is 3. The molecule has 5 nitrogen and oxygen atoms in total. The second-order valence-corrected chi connectivity index (χ2v) is 7.78. The van der Waals surface area contributed by atoms with Crippen LogP contribution in [-0.4, -0.2) is 54.6 Å². The zero-order valence-corrected chi connectivity index (χ0v) is 16.1. The van der Waals surface area contributed by atoms with Crippen molar-refractivity contribution in [1.29, 1.82) is 0 Å². The van der Waals surface area contributed by atoms with E-state index in [2.05, 4.69) is 27.4 Å². The molecule has 1 atom stereocenters. The van der Waals surface area contributed by atoms with Gasteiger partial charge in [-0.15, -0.1) is 0 Å². The van der Waals surface area contributed by atoms with Crippen molar-refractivity contribution in [3.05, 3.63) is 35.8 Å². The molecule has 1 saturated heterocycles. The van der Waals surface area contributed by atoms with Crippen LogP contribution in [0.2, 0.25) is 0 Å². The fourth-order valence-corrected chi connectivity index (χ4v) is 4.02. The van der Waals surface area contributed by atoms with Crippen molar-refractivity contribution in [3.63, 3.8) is 0 Å². The summed E-state index contributed by atoms with van der Waals surface area (Å²) >= 11 is 0. The molecule has 2 aliphatic rings. The van der Waals surface area contributed by atoms with Gasteiger partial charge in [0, 0.05) is 49.3 Å². The van der Waals surface area contributed by atoms with Crippen molar-refractivity contribution >= 4 is 16.9 Å². The first-order chi connectivity index (χ1) is 13.2. The number of aliphatic imine (C=N–C) groups is 1. The van der Waals surface area contributed by atoms with E-state index in [0.717, 1.165) is 54.5 Å². The summed E-state index contributed by atoms with van der Waals surface area (Å²) in [6, 6.07) is 5.75. The molecule has 0 radical (unpaired) electrons. The molecule has 6 heteroatoms. The molecule has 146 valence electrons. The number of benzene rings is 1. The fourth-order valence-electron chi connectivity index (χ4n) is 4.02. The van der Waals surface area contributed by atoms with Crippen LogP contribution in [-0.2, 0) is 6.42 Å². The molecular formula is C21H30FN5. The second-order valence-electron chi connectivity index (χ2n) is 7.78. The number of aromatic nitrogens is 1. The van der Waals surface area contributed by atoms with Crippen LogP contribution in [0.5, 0.6) is 0 Å². The molecule has 1 aliphatic heterocycles. The first-order valence-corrected chi connectivity index (χ1v) is 10.2. The lowest BCUT2D eigenvalue weighted by atomic mass is 10.1. The normalized spacial score (nSPS) is 21.1. The first kappa shape index (κ1) is 18.3. The quantitative estimate of drug-likeness (QED) is 0.518. The van der Waals surface area contributed by atoms with E-state index in [1.165, 1.54) is 38.4 Å². The summed E-state index contributed by atoms with van der Waals surface area (Å²) in [5.41, 5.74) is 2.11. The molecule has 1 aromatic carbocycles. The Hall–Kier alpha value is -2.08. The monoisotopic (exact) mass is 371 g/mol. The van der Waals surface area contributed by atoms with Gasteiger partial charge in [-0.2, -0.15) is 0 Å². The molecule has 2 aromatic rings. The van der Waals surface area contributed by atoms with Gasteiger partial charge < -0.3 is 20.5 Å². The molecule has 0 spiro atoms. The Morgan fingerprint density at radius 1 is 1.30 bits per heavy atom. The fraction of sp³-hybridized carbons (Fsp3) is 0.571. The largest absolute Gasteiger partial charge is 0.361 e. The van der Waals surface area contributed by atoms with Crippen molar-refractivity contribution in [2.24, 2.45) is 10.9 Å². The molecule has 2 fully saturated rings. The maximum absolute atomic E-state index is 13.5. The van der Waals surface area contributed by atoms with Gasteiger partial charge in [-0.05, 0) is 68.8 Å². The van der Waals surface area contributed by atoms with E-state index in [1.807, 2.05) is 6.20 Å². The molecule has 2 heterocycles. The lowest BCUT2D eigenvalue weighted by Crippen LogP contribution is -2.38. The number of rotatable bonds is 7. The van der Waals surface area contributed by atoms with Crippen molar-refractivity contribution in [1.82, 2.24) is 20.5 Å². The smallest absolute Gasteiger partial charge is 0.191 e. The minimum absolute atomic E-state index is 0.192. The predicted molar refractivity (Wildman–Crippen MR) is 109 cm³/mol. The predicted octanol–water partition coefficient (Wildman–Crippen LogP) is 2.89. The summed E-state index contributed by atoms with van der Waals surface area (Å²) in [4.78, 5) is 10.7. The number of fused-ring (bicyclic) bond motifs is 1. The Bertz CT molecular complexity index is 795. The zero-order valence-electron chi connectivity index (χ0n) is 16.1. The average Bonchev–Trinajstić information content (AvgIpc) is 3.28. The van der Waals surface area contributed by atoms with Crippen molar-refractivity contribution < 1.29 is 4.39 Å². The highest BCUT2D eigenvalue weighted by atomic mass is 19.1. The molecule has 0 amide bonds. The summed E-state index contributed by atoms with van der Waals surface area (Å²) in [5.74, 6) is 1.37. The number of likely N-dealkylation sites (tertiary alicyclic amines) is 1. The van der Waals surface area contributed by atoms with Crippen LogP contribution in [0.3, 0.4) is 0 Å². The molecule has 4 rings (SSSR count). The molecule has 1 aliphatic carbocycles. The van der Waals surface area contributed by atoms with Gasteiger partial charge in [0.25, 0.3) is 0 Å². The second kappa shape index (κ2) is 8.30. The van der Waals surface area contributed by atoms with Crippen LogP contribution in [0.1, 0.15) is 31.7 Å². The number of hydrogen-bond donors (Lipinski definition) is 3. The number of guanidine groups is 1. The van der Waals surface area contributed by atoms with Gasteiger partial charge in [0.05, 0.1) is 0 Å². The van der Waals surface area contributed by atoms with Crippen molar-refractivity contribution in [2.45, 2.75) is 38.6 Å². The van der Waals surface area contributed by atoms with Crippen LogP contribution < -0.4 is 10.6 Å². The van der Waals surface area contributed by atoms with Gasteiger partial charge in [0.2, 0.25) is 0 Å². The van der Waals surface area contributed by atoms with E-state index >= 15 is 0 Å². The van der Waals surface area contributed by atoms with Crippen molar-refractivity contribution in [3.8, 4) is 0 Å². The number of hydrogen-bond acceptors (Lipinski definition) is 2. The lowest BCUT2D eigenvalue weighted by molar-refractivity contribution is 0.315. The summed E-state index contributed by atoms with van der Waals surface area (Å²) in [7, 11) is 0. The third kappa shape index (κ3) is 4.61. The summed E-state index contributed by atoms with van der Waals surface area (Å²) in [6.07, 6.45) is 6.84. The molecule has 27 heavy (non-hydrogen) atoms. The lowest BCUT2D eigenvalue weighted by Gasteiger charge is -2.15. The molecule has 1 aromatic heterocycles. The highest BCUT2D eigenvalue weighted by Gasteiger charge is 2.34. The highest BCUT2D eigenvalue weighted by Crippen LogP contribution is 2.31. The maximum atomic E-state index is 13.5. The Morgan fingerprint density at radius 3 is 3.00 bits per heavy atom. The van der Waals surface area contributed by atoms with E-state index in [1.54, 1.807) is 12.1 Å². The van der Waals surface area contributed by atoms with Crippen LogP contribution in [0, 0.1) is 11.7 Å². The van der Waals surface area contributed by atoms with Gasteiger partial charge in [0.1, 0.15) is 5.82 Å². The molecule has 1 unspecified atom stereocenters. The van der Waals surface area contributed by atoms with Crippen LogP contribution >= 0.6 is 0 Å². The minimum atomic E-state index is -0.192. The van der Waals surface area contributed by atoms with Gasteiger partial charge in [-0.25, -0.2) is 4.39 Å². The zero-order chi connectivity index (χ0) is 18.6. The van der Waals surface area contributed by atoms with E-state index in [9.17, 15) is 4.39 Å². The standard InChI is InChI=1S/C21H30FN5/c1-2-23-21(26-12-15-8-10-27(14-15)18-4-5-18)24-9-7-16-13-25-20-6-3-17(22)11-19(16)20/h3,6,11,13,15,18,25H,2,4-5,7-10,12,14H2,1H3,(H2,23,24,26). The van der Waals surface area contributed by atoms with E-state index < -0.39 is 0 Å². The van der Waals surface area contributed by atoms with E-state index in [-0.39, 0.29) is 5.82 Å². The Labute approximate surface area is 160 Å². The molecular weight excluding hydrogens is 341 g/mol. The average molecular weight is 372 g/mol. The number of halogens is 1. The third-order valence-electron chi connectivity index (χ3n) is 5.65. The van der Waals surface area contributed by atoms with Crippen LogP contribution in [0.4, 0.5) is 4.39 Å². The summed E-state index contributed by atoms with van der Waals surface area (Å²) in [5, 5.41) is 7.73. The van der Waals surface area contributed by atoms with Gasteiger partial charge >= 0.3 is 0 Å². The van der Waals surface area contributed by atoms with Crippen molar-refractivity contribution in [2.75, 3.05) is 32.7 Å². The number of H-pyrrole nitrogens is 1. The van der Waals surface area contributed by atoms with Gasteiger partial charge in [0.15, 0.2) is 5.96 Å². The summed E-state index contributed by atoms with van der Waals surface area (Å²) < 4.78 is 13.5. The Balaban J connectivity index is 1.29. The van der Waals surface area contributed by atoms with Gasteiger partial charge in [-0.3, -0.25) is 4.99 Å². The Kier molecular flexibility index (Phi) is 5.62. The Morgan fingerprint density at radius 2 is 2.19 bits per heavy atom. The number of aromatic amines is 1. The molecule has 0 bridgehead atoms. The van der Waals surface area contributed by atoms with E-state index in [4.69, 9.17) is 4.99 Å². The molecule has 3 N–H and O–H groups in total. The first-order valence-electron chi connectivity index (χ1n) is 10.2. The highest BCUT2D eigenvalue weighted by molar-refractivity contribution is 5.83. The SMILES string of the molecule is CCNC(=NCC1CCN(C2CC2)C1)NCCc1c[nH]c2ccc(F)cc12. The molecule has 1 saturated carbocycles. The maximum Gasteiger partial charge on any atom is 0.191 e. The summed E-state index contributed by atoms with van der Waals surface area (Å²) in [6.45, 7) is 7.04. The number of nitrogens with zero attached hydrogens (tertiary/aromatic N) is 2. The minimum Gasteiger partial charge on any atom is -0.361 e. The van der Waals surface area contributed by atoms with Crippen LogP contribution in [0.25, 0.3) is 10.9 Å².